The van der Waals surface area contributed by atoms with Gasteiger partial charge in [-0.05, 0) is 60.6 Å². The summed E-state index contributed by atoms with van der Waals surface area (Å²) in [6, 6.07) is 15.9. The number of fused-ring (bicyclic) bond motifs is 1. The highest BCUT2D eigenvalue weighted by Gasteiger charge is 2.17. The minimum Gasteiger partial charge on any atom is -0.343 e. The van der Waals surface area contributed by atoms with Crippen molar-refractivity contribution in [3.8, 4) is 0 Å². The number of amides is 1. The van der Waals surface area contributed by atoms with Gasteiger partial charge in [0.25, 0.3) is 0 Å². The highest BCUT2D eigenvalue weighted by molar-refractivity contribution is 7.98. The molecule has 2 N–H and O–H groups in total. The molecule has 2 aromatic carbocycles. The third kappa shape index (κ3) is 5.40. The van der Waals surface area contributed by atoms with Crippen LogP contribution in [0.25, 0.3) is 17.1 Å². The molecule has 140 valence electrons. The summed E-state index contributed by atoms with van der Waals surface area (Å²) in [5.41, 5.74) is 2.91. The quantitative estimate of drug-likeness (QED) is 0.419. The highest BCUT2D eigenvalue weighted by atomic mass is 32.2. The molecule has 1 atom stereocenters. The molecule has 3 rings (SSSR count). The fraction of sp³-hybridized carbons (Fsp3) is 0.238. The number of thioether (sulfide) groups is 2. The van der Waals surface area contributed by atoms with Crippen molar-refractivity contribution in [1.29, 1.82) is 0 Å². The molecule has 0 spiro atoms. The van der Waals surface area contributed by atoms with Crippen LogP contribution in [-0.2, 0) is 4.79 Å². The zero-order chi connectivity index (χ0) is 19.1. The topological polar surface area (TPSA) is 57.8 Å². The minimum absolute atomic E-state index is 0.115. The number of H-pyrrole nitrogens is 1. The molecule has 0 bridgehead atoms. The Hall–Kier alpha value is -2.18. The zero-order valence-electron chi connectivity index (χ0n) is 15.4. The molecule has 4 nitrogen and oxygen atoms in total. The number of carbonyl (C=O) groups is 1. The highest BCUT2D eigenvalue weighted by Crippen LogP contribution is 2.20. The predicted octanol–water partition coefficient (Wildman–Crippen LogP) is 4.91. The summed E-state index contributed by atoms with van der Waals surface area (Å²) in [5.74, 6) is 1.63. The first-order chi connectivity index (χ1) is 13.2. The molecule has 0 saturated carbocycles. The van der Waals surface area contributed by atoms with Gasteiger partial charge in [-0.25, -0.2) is 4.98 Å². The number of para-hydroxylation sites is 2. The number of aromatic nitrogens is 2. The molecule has 6 heteroatoms. The van der Waals surface area contributed by atoms with Crippen molar-refractivity contribution in [2.45, 2.75) is 17.4 Å². The van der Waals surface area contributed by atoms with Crippen molar-refractivity contribution in [3.63, 3.8) is 0 Å². The van der Waals surface area contributed by atoms with Gasteiger partial charge < -0.3 is 10.3 Å². The van der Waals surface area contributed by atoms with Gasteiger partial charge >= 0.3 is 0 Å². The van der Waals surface area contributed by atoms with Crippen LogP contribution >= 0.6 is 23.5 Å². The summed E-state index contributed by atoms with van der Waals surface area (Å²) in [6.07, 6.45) is 8.36. The number of benzene rings is 2. The van der Waals surface area contributed by atoms with Crippen molar-refractivity contribution in [3.05, 3.63) is 66.0 Å². The minimum atomic E-state index is -0.138. The number of nitrogens with one attached hydrogen (secondary N) is 2. The molecule has 1 heterocycles. The molecule has 3 aromatic rings. The van der Waals surface area contributed by atoms with E-state index < -0.39 is 0 Å². The Morgan fingerprint density at radius 2 is 1.96 bits per heavy atom. The van der Waals surface area contributed by atoms with Crippen molar-refractivity contribution in [1.82, 2.24) is 15.3 Å². The van der Waals surface area contributed by atoms with Gasteiger partial charge in [0.05, 0.1) is 17.1 Å². The number of imidazole rings is 1. The fourth-order valence-electron chi connectivity index (χ4n) is 2.76. The molecule has 0 aliphatic heterocycles. The van der Waals surface area contributed by atoms with Crippen LogP contribution in [0.15, 0.2) is 59.5 Å². The lowest BCUT2D eigenvalue weighted by Crippen LogP contribution is -2.28. The molecule has 0 fully saturated rings. The molecule has 0 saturated heterocycles. The van der Waals surface area contributed by atoms with Crippen molar-refractivity contribution in [2.24, 2.45) is 0 Å². The van der Waals surface area contributed by atoms with E-state index >= 15 is 0 Å². The lowest BCUT2D eigenvalue weighted by Gasteiger charge is -2.15. The standard InChI is InChI=1S/C21H23N3OS2/c1-26-14-13-19(21-23-17-5-3-4-6-18(17)24-21)22-20(25)12-9-15-7-10-16(27-2)11-8-15/h3-12,19H,13-14H2,1-2H3,(H,22,25)(H,23,24)/b12-9+/t19-/m0/s1. The van der Waals surface area contributed by atoms with Crippen LogP contribution in [0.2, 0.25) is 0 Å². The van der Waals surface area contributed by atoms with Crippen LogP contribution in [0.1, 0.15) is 23.9 Å². The van der Waals surface area contributed by atoms with E-state index in [1.807, 2.05) is 48.7 Å². The summed E-state index contributed by atoms with van der Waals surface area (Å²) >= 11 is 3.46. The van der Waals surface area contributed by atoms with Gasteiger partial charge in [-0.15, -0.1) is 11.8 Å². The van der Waals surface area contributed by atoms with Crippen LogP contribution < -0.4 is 5.32 Å². The van der Waals surface area contributed by atoms with E-state index in [4.69, 9.17) is 0 Å². The van der Waals surface area contributed by atoms with Crippen LogP contribution in [0, 0.1) is 0 Å². The van der Waals surface area contributed by atoms with Crippen LogP contribution in [-0.4, -0.2) is 34.1 Å². The third-order valence-electron chi connectivity index (χ3n) is 4.21. The molecule has 0 aliphatic carbocycles. The Morgan fingerprint density at radius 1 is 1.19 bits per heavy atom. The first-order valence-electron chi connectivity index (χ1n) is 8.76. The van der Waals surface area contributed by atoms with Gasteiger partial charge in [0.1, 0.15) is 5.82 Å². The van der Waals surface area contributed by atoms with Gasteiger partial charge in [-0.1, -0.05) is 24.3 Å². The van der Waals surface area contributed by atoms with Gasteiger partial charge in [0, 0.05) is 11.0 Å². The second-order valence-electron chi connectivity index (χ2n) is 6.09. The summed E-state index contributed by atoms with van der Waals surface area (Å²) in [4.78, 5) is 21.6. The Morgan fingerprint density at radius 3 is 2.67 bits per heavy atom. The van der Waals surface area contributed by atoms with Crippen molar-refractivity contribution < 1.29 is 4.79 Å². The molecule has 1 aromatic heterocycles. The van der Waals surface area contributed by atoms with Crippen LogP contribution in [0.3, 0.4) is 0 Å². The third-order valence-corrected chi connectivity index (χ3v) is 5.60. The maximum absolute atomic E-state index is 12.5. The van der Waals surface area contributed by atoms with E-state index in [-0.39, 0.29) is 11.9 Å². The SMILES string of the molecule is CSCC[C@H](NC(=O)/C=C/c1ccc(SC)cc1)c1nc2ccccc2[nH]1. The number of aromatic amines is 1. The Balaban J connectivity index is 1.71. The summed E-state index contributed by atoms with van der Waals surface area (Å²) in [7, 11) is 0. The van der Waals surface area contributed by atoms with Gasteiger partial charge in [0.15, 0.2) is 0 Å². The monoisotopic (exact) mass is 397 g/mol. The van der Waals surface area contributed by atoms with E-state index in [0.29, 0.717) is 0 Å². The normalized spacial score (nSPS) is 12.5. The first-order valence-corrected chi connectivity index (χ1v) is 11.4. The lowest BCUT2D eigenvalue weighted by atomic mass is 10.2. The Labute approximate surface area is 168 Å². The second kappa shape index (κ2) is 9.67. The summed E-state index contributed by atoms with van der Waals surface area (Å²) < 4.78 is 0. The van der Waals surface area contributed by atoms with Gasteiger partial charge in [-0.2, -0.15) is 11.8 Å². The van der Waals surface area contributed by atoms with Crippen LogP contribution in [0.5, 0.6) is 0 Å². The Bertz CT molecular complexity index is 886. The van der Waals surface area contributed by atoms with Gasteiger partial charge in [-0.3, -0.25) is 4.79 Å². The van der Waals surface area contributed by atoms with Gasteiger partial charge in [0.2, 0.25) is 5.91 Å². The smallest absolute Gasteiger partial charge is 0.244 e. The molecule has 0 radical (unpaired) electrons. The maximum Gasteiger partial charge on any atom is 0.244 e. The molecule has 27 heavy (non-hydrogen) atoms. The number of hydrogen-bond donors (Lipinski definition) is 2. The largest absolute Gasteiger partial charge is 0.343 e. The molecular formula is C21H23N3OS2. The lowest BCUT2D eigenvalue weighted by molar-refractivity contribution is -0.117. The Kier molecular flexibility index (Phi) is 7.01. The molecule has 1 amide bonds. The maximum atomic E-state index is 12.5. The zero-order valence-corrected chi connectivity index (χ0v) is 17.1. The first kappa shape index (κ1) is 19.6. The number of rotatable bonds is 8. The number of carbonyl (C=O) groups excluding carboxylic acids is 1. The fourth-order valence-corrected chi connectivity index (χ4v) is 3.64. The summed E-state index contributed by atoms with van der Waals surface area (Å²) in [5, 5.41) is 3.08. The summed E-state index contributed by atoms with van der Waals surface area (Å²) in [6.45, 7) is 0. The predicted molar refractivity (Wildman–Crippen MR) is 117 cm³/mol. The van der Waals surface area contributed by atoms with Crippen LogP contribution in [0.4, 0.5) is 0 Å². The van der Waals surface area contributed by atoms with E-state index in [1.165, 1.54) is 4.90 Å². The number of nitrogens with zero attached hydrogens (tertiary/aromatic N) is 1. The average molecular weight is 398 g/mol. The average Bonchev–Trinajstić information content (AvgIpc) is 3.14. The van der Waals surface area contributed by atoms with E-state index in [0.717, 1.165) is 34.6 Å². The van der Waals surface area contributed by atoms with E-state index in [1.54, 1.807) is 29.6 Å². The van der Waals surface area contributed by atoms with Crippen molar-refractivity contribution >= 4 is 46.5 Å². The molecule has 0 unspecified atom stereocenters. The molecule has 0 aliphatic rings. The second-order valence-corrected chi connectivity index (χ2v) is 7.95. The van der Waals surface area contributed by atoms with E-state index in [2.05, 4.69) is 33.7 Å². The van der Waals surface area contributed by atoms with Crippen molar-refractivity contribution in [2.75, 3.05) is 18.3 Å². The molecular weight excluding hydrogens is 374 g/mol. The number of hydrogen-bond acceptors (Lipinski definition) is 4. The van der Waals surface area contributed by atoms with E-state index in [9.17, 15) is 4.79 Å².